The number of hydrogen-bond donors (Lipinski definition) is 0. The van der Waals surface area contributed by atoms with Crippen molar-refractivity contribution >= 4 is 5.69 Å². The highest BCUT2D eigenvalue weighted by Crippen LogP contribution is 2.22. The van der Waals surface area contributed by atoms with Gasteiger partial charge in [0.25, 0.3) is 0 Å². The average molecular weight is 241 g/mol. The molecule has 0 bridgehead atoms. The largest absolute Gasteiger partial charge is 0.369 e. The Hall–Kier alpha value is -2.00. The van der Waals surface area contributed by atoms with Gasteiger partial charge in [0.05, 0.1) is 11.1 Å². The molecule has 1 rings (SSSR count). The molecule has 18 heavy (non-hydrogen) atoms. The predicted molar refractivity (Wildman–Crippen MR) is 73.3 cm³/mol. The molecule has 0 unspecified atom stereocenters. The van der Waals surface area contributed by atoms with E-state index in [0.29, 0.717) is 17.2 Å². The minimum absolute atomic E-state index is 0.435. The van der Waals surface area contributed by atoms with Gasteiger partial charge in [-0.2, -0.15) is 10.5 Å². The fourth-order valence-electron chi connectivity index (χ4n) is 1.97. The summed E-state index contributed by atoms with van der Waals surface area (Å²) in [5.41, 5.74) is 1.93. The van der Waals surface area contributed by atoms with Crippen molar-refractivity contribution in [2.75, 3.05) is 11.4 Å². The number of benzene rings is 1. The highest BCUT2D eigenvalue weighted by Gasteiger charge is 2.13. The van der Waals surface area contributed by atoms with Crippen molar-refractivity contribution in [3.8, 4) is 12.1 Å². The Morgan fingerprint density at radius 3 is 2.33 bits per heavy atom. The molecule has 1 aromatic carbocycles. The third-order valence-corrected chi connectivity index (χ3v) is 3.16. The van der Waals surface area contributed by atoms with E-state index in [2.05, 4.69) is 31.7 Å². The summed E-state index contributed by atoms with van der Waals surface area (Å²) in [6, 6.07) is 10.1. The van der Waals surface area contributed by atoms with Crippen LogP contribution in [-0.2, 0) is 0 Å². The van der Waals surface area contributed by atoms with Crippen LogP contribution in [0.25, 0.3) is 0 Å². The van der Waals surface area contributed by atoms with Crippen LogP contribution in [-0.4, -0.2) is 12.6 Å². The fourth-order valence-corrected chi connectivity index (χ4v) is 1.97. The van der Waals surface area contributed by atoms with Crippen LogP contribution in [0, 0.1) is 22.7 Å². The summed E-state index contributed by atoms with van der Waals surface area (Å²) in [7, 11) is 0. The van der Waals surface area contributed by atoms with Crippen LogP contribution < -0.4 is 4.90 Å². The van der Waals surface area contributed by atoms with E-state index < -0.39 is 0 Å². The molecule has 0 aliphatic heterocycles. The molecule has 0 saturated heterocycles. The predicted octanol–water partition coefficient (Wildman–Crippen LogP) is 3.44. The minimum Gasteiger partial charge on any atom is -0.369 e. The zero-order valence-electron chi connectivity index (χ0n) is 11.3. The smallest absolute Gasteiger partial charge is 0.101 e. The van der Waals surface area contributed by atoms with Gasteiger partial charge in [0.1, 0.15) is 12.1 Å². The van der Waals surface area contributed by atoms with Crippen LogP contribution in [0.4, 0.5) is 5.69 Å². The summed E-state index contributed by atoms with van der Waals surface area (Å²) < 4.78 is 0. The molecule has 0 aliphatic rings. The van der Waals surface area contributed by atoms with Crippen LogP contribution in [0.2, 0.25) is 0 Å². The van der Waals surface area contributed by atoms with Crippen molar-refractivity contribution in [3.05, 3.63) is 29.3 Å². The summed E-state index contributed by atoms with van der Waals surface area (Å²) in [6.45, 7) is 7.44. The van der Waals surface area contributed by atoms with Gasteiger partial charge in [-0.25, -0.2) is 0 Å². The highest BCUT2D eigenvalue weighted by atomic mass is 15.2. The van der Waals surface area contributed by atoms with Crippen molar-refractivity contribution in [2.45, 2.75) is 39.7 Å². The fraction of sp³-hybridized carbons (Fsp3) is 0.467. The van der Waals surface area contributed by atoms with Gasteiger partial charge in [-0.1, -0.05) is 13.8 Å². The lowest BCUT2D eigenvalue weighted by atomic mass is 10.1. The molecule has 0 radical (unpaired) electrons. The maximum absolute atomic E-state index is 9.06. The number of nitriles is 2. The van der Waals surface area contributed by atoms with Gasteiger partial charge in [0, 0.05) is 18.3 Å². The Morgan fingerprint density at radius 2 is 1.83 bits per heavy atom. The van der Waals surface area contributed by atoms with Crippen LogP contribution in [0.1, 0.15) is 44.7 Å². The summed E-state index contributed by atoms with van der Waals surface area (Å²) in [6.07, 6.45) is 2.12. The lowest BCUT2D eigenvalue weighted by Crippen LogP contribution is -2.33. The number of anilines is 1. The summed E-state index contributed by atoms with van der Waals surface area (Å²) in [5.74, 6) is 0. The Kier molecular flexibility index (Phi) is 5.21. The molecule has 94 valence electrons. The van der Waals surface area contributed by atoms with Crippen molar-refractivity contribution in [2.24, 2.45) is 0 Å². The van der Waals surface area contributed by atoms with E-state index in [4.69, 9.17) is 10.5 Å². The maximum atomic E-state index is 9.06. The Bertz CT molecular complexity index is 479. The number of hydrogen-bond acceptors (Lipinski definition) is 3. The molecular weight excluding hydrogens is 222 g/mol. The SMILES string of the molecule is CCCN(c1ccc(C#N)c(C#N)c1)[C@@H](C)CC. The second-order valence-corrected chi connectivity index (χ2v) is 4.40. The van der Waals surface area contributed by atoms with Gasteiger partial charge >= 0.3 is 0 Å². The first kappa shape index (κ1) is 14.1. The molecule has 0 aliphatic carbocycles. The molecule has 0 N–H and O–H groups in total. The van der Waals surface area contributed by atoms with E-state index in [0.717, 1.165) is 25.1 Å². The summed E-state index contributed by atoms with van der Waals surface area (Å²) in [5, 5.41) is 18.0. The molecule has 0 fully saturated rings. The van der Waals surface area contributed by atoms with Gasteiger partial charge in [0.15, 0.2) is 0 Å². The molecule has 0 aromatic heterocycles. The monoisotopic (exact) mass is 241 g/mol. The second kappa shape index (κ2) is 6.67. The van der Waals surface area contributed by atoms with E-state index >= 15 is 0 Å². The van der Waals surface area contributed by atoms with E-state index in [1.165, 1.54) is 0 Å². The third-order valence-electron chi connectivity index (χ3n) is 3.16. The first-order valence-corrected chi connectivity index (χ1v) is 6.38. The lowest BCUT2D eigenvalue weighted by molar-refractivity contribution is 0.610. The molecule has 0 spiro atoms. The summed E-state index contributed by atoms with van der Waals surface area (Å²) >= 11 is 0. The van der Waals surface area contributed by atoms with Crippen LogP contribution >= 0.6 is 0 Å². The first-order chi connectivity index (χ1) is 8.67. The van der Waals surface area contributed by atoms with Gasteiger partial charge in [-0.05, 0) is 38.0 Å². The van der Waals surface area contributed by atoms with Crippen molar-refractivity contribution in [3.63, 3.8) is 0 Å². The first-order valence-electron chi connectivity index (χ1n) is 6.38. The standard InChI is InChI=1S/C15H19N3/c1-4-8-18(12(3)5-2)15-7-6-13(10-16)14(9-15)11-17/h6-7,9,12H,4-5,8H2,1-3H3/t12-/m0/s1. The third kappa shape index (κ3) is 3.02. The molecule has 0 heterocycles. The molecule has 0 amide bonds. The Morgan fingerprint density at radius 1 is 1.17 bits per heavy atom. The molecule has 0 saturated carbocycles. The molecule has 3 heteroatoms. The second-order valence-electron chi connectivity index (χ2n) is 4.40. The highest BCUT2D eigenvalue weighted by molar-refractivity contribution is 5.58. The van der Waals surface area contributed by atoms with Gasteiger partial charge in [-0.3, -0.25) is 0 Å². The number of nitrogens with zero attached hydrogens (tertiary/aromatic N) is 3. The topological polar surface area (TPSA) is 50.8 Å². The van der Waals surface area contributed by atoms with Gasteiger partial charge < -0.3 is 4.90 Å². The van der Waals surface area contributed by atoms with Crippen molar-refractivity contribution in [1.29, 1.82) is 10.5 Å². The summed E-state index contributed by atoms with van der Waals surface area (Å²) in [4.78, 5) is 2.29. The molecule has 3 nitrogen and oxygen atoms in total. The molecule has 1 atom stereocenters. The normalized spacial score (nSPS) is 11.4. The molecule has 1 aromatic rings. The van der Waals surface area contributed by atoms with E-state index in [-0.39, 0.29) is 0 Å². The van der Waals surface area contributed by atoms with Crippen LogP contribution in [0.5, 0.6) is 0 Å². The van der Waals surface area contributed by atoms with Crippen LogP contribution in [0.15, 0.2) is 18.2 Å². The average Bonchev–Trinajstić information content (AvgIpc) is 2.43. The lowest BCUT2D eigenvalue weighted by Gasteiger charge is -2.30. The molecular formula is C15H19N3. The van der Waals surface area contributed by atoms with E-state index in [1.807, 2.05) is 18.2 Å². The Labute approximate surface area is 109 Å². The minimum atomic E-state index is 0.435. The van der Waals surface area contributed by atoms with E-state index in [1.54, 1.807) is 6.07 Å². The van der Waals surface area contributed by atoms with Gasteiger partial charge in [0.2, 0.25) is 0 Å². The number of rotatable bonds is 5. The van der Waals surface area contributed by atoms with Crippen LogP contribution in [0.3, 0.4) is 0 Å². The zero-order valence-corrected chi connectivity index (χ0v) is 11.3. The van der Waals surface area contributed by atoms with E-state index in [9.17, 15) is 0 Å². The van der Waals surface area contributed by atoms with Gasteiger partial charge in [-0.15, -0.1) is 0 Å². The maximum Gasteiger partial charge on any atom is 0.101 e. The zero-order chi connectivity index (χ0) is 13.5. The quantitative estimate of drug-likeness (QED) is 0.793. The Balaban J connectivity index is 3.14. The van der Waals surface area contributed by atoms with Crippen molar-refractivity contribution in [1.82, 2.24) is 0 Å². The van der Waals surface area contributed by atoms with Crippen molar-refractivity contribution < 1.29 is 0 Å².